The predicted molar refractivity (Wildman–Crippen MR) is 122 cm³/mol. The molecule has 1 aromatic rings. The molecule has 1 aromatic heterocycles. The largest absolute Gasteiger partial charge is 0.450 e. The number of anilines is 1. The van der Waals surface area contributed by atoms with Crippen LogP contribution in [-0.4, -0.2) is 107 Å². The third-order valence-electron chi connectivity index (χ3n) is 5.40. The lowest BCUT2D eigenvalue weighted by atomic mass is 10.3. The van der Waals surface area contributed by atoms with Gasteiger partial charge < -0.3 is 24.3 Å². The minimum absolute atomic E-state index is 0.0321. The van der Waals surface area contributed by atoms with E-state index in [4.69, 9.17) is 16.3 Å². The smallest absolute Gasteiger partial charge is 0.409 e. The van der Waals surface area contributed by atoms with Crippen LogP contribution < -0.4 is 4.90 Å². The lowest BCUT2D eigenvalue weighted by Crippen LogP contribution is -2.51. The maximum Gasteiger partial charge on any atom is 0.409 e. The minimum atomic E-state index is -0.339. The van der Waals surface area contributed by atoms with Gasteiger partial charge in [0, 0.05) is 64.8 Å². The van der Waals surface area contributed by atoms with E-state index in [-0.39, 0.29) is 23.7 Å². The third-order valence-corrected chi connectivity index (χ3v) is 6.43. The van der Waals surface area contributed by atoms with Gasteiger partial charge >= 0.3 is 6.09 Å². The first-order valence-corrected chi connectivity index (χ1v) is 12.2. The number of nitrogens with zero attached hydrogens (tertiary/aromatic N) is 6. The average Bonchev–Trinajstić information content (AvgIpc) is 2.82. The summed E-state index contributed by atoms with van der Waals surface area (Å²) >= 11 is 7.45. The molecule has 3 heterocycles. The number of carbonyl (C=O) groups excluding carboxylic acids is 3. The number of hydrogen-bond donors (Lipinski definition) is 0. The van der Waals surface area contributed by atoms with Gasteiger partial charge in [-0.25, -0.2) is 14.8 Å². The molecule has 2 aliphatic heterocycles. The molecule has 10 nitrogen and oxygen atoms in total. The molecule has 0 unspecified atom stereocenters. The number of rotatable bonds is 6. The molecule has 0 atom stereocenters. The van der Waals surface area contributed by atoms with Gasteiger partial charge in [0.25, 0.3) is 0 Å². The Morgan fingerprint density at radius 2 is 1.53 bits per heavy atom. The van der Waals surface area contributed by atoms with Crippen LogP contribution in [0.5, 0.6) is 0 Å². The highest BCUT2D eigenvalue weighted by molar-refractivity contribution is 7.99. The Kier molecular flexibility index (Phi) is 8.80. The quantitative estimate of drug-likeness (QED) is 0.341. The summed E-state index contributed by atoms with van der Waals surface area (Å²) in [6, 6.07) is 1.71. The van der Waals surface area contributed by atoms with Gasteiger partial charge in [-0.3, -0.25) is 9.59 Å². The number of piperazine rings is 2. The number of hydrogen-bond acceptors (Lipinski definition) is 8. The molecule has 0 N–H and O–H groups in total. The average molecular weight is 485 g/mol. The molecular formula is C20H29ClN6O4S. The van der Waals surface area contributed by atoms with Gasteiger partial charge in [0.05, 0.1) is 12.4 Å². The van der Waals surface area contributed by atoms with Crippen molar-refractivity contribution >= 4 is 47.1 Å². The Morgan fingerprint density at radius 1 is 0.938 bits per heavy atom. The van der Waals surface area contributed by atoms with Crippen molar-refractivity contribution in [2.45, 2.75) is 25.4 Å². The fourth-order valence-corrected chi connectivity index (χ4v) is 4.58. The van der Waals surface area contributed by atoms with Crippen LogP contribution in [0.3, 0.4) is 0 Å². The molecule has 0 radical (unpaired) electrons. The number of ether oxygens (including phenoxy) is 1. The summed E-state index contributed by atoms with van der Waals surface area (Å²) in [7, 11) is 0. The molecule has 2 saturated heterocycles. The van der Waals surface area contributed by atoms with Gasteiger partial charge in [0.15, 0.2) is 5.16 Å². The van der Waals surface area contributed by atoms with Gasteiger partial charge in [-0.1, -0.05) is 30.3 Å². The van der Waals surface area contributed by atoms with Crippen LogP contribution in [0.1, 0.15) is 20.3 Å². The van der Waals surface area contributed by atoms with Crippen molar-refractivity contribution in [2.75, 3.05) is 69.6 Å². The lowest BCUT2D eigenvalue weighted by molar-refractivity contribution is -0.131. The number of halogens is 1. The van der Waals surface area contributed by atoms with Gasteiger partial charge in [-0.05, 0) is 6.92 Å². The first-order valence-electron chi connectivity index (χ1n) is 10.8. The molecule has 3 rings (SSSR count). The van der Waals surface area contributed by atoms with Crippen molar-refractivity contribution < 1.29 is 19.1 Å². The van der Waals surface area contributed by atoms with Crippen molar-refractivity contribution in [3.8, 4) is 0 Å². The fourth-order valence-electron chi connectivity index (χ4n) is 3.59. The van der Waals surface area contributed by atoms with Crippen LogP contribution in [0.2, 0.25) is 5.15 Å². The first kappa shape index (κ1) is 24.4. The summed E-state index contributed by atoms with van der Waals surface area (Å²) in [6.07, 6.45) is 0.167. The highest BCUT2D eigenvalue weighted by Gasteiger charge is 2.25. The van der Waals surface area contributed by atoms with Crippen LogP contribution in [0.4, 0.5) is 10.6 Å². The molecule has 3 amide bonds. The molecular weight excluding hydrogens is 456 g/mol. The van der Waals surface area contributed by atoms with E-state index in [1.165, 1.54) is 11.8 Å². The number of thioether (sulfide) groups is 1. The first-order chi connectivity index (χ1) is 15.4. The van der Waals surface area contributed by atoms with Gasteiger partial charge in [0.1, 0.15) is 11.0 Å². The second-order valence-corrected chi connectivity index (χ2v) is 8.74. The van der Waals surface area contributed by atoms with E-state index in [0.717, 1.165) is 0 Å². The molecule has 0 spiro atoms. The van der Waals surface area contributed by atoms with E-state index in [1.807, 2.05) is 11.8 Å². The van der Waals surface area contributed by atoms with E-state index in [2.05, 4.69) is 14.9 Å². The zero-order valence-corrected chi connectivity index (χ0v) is 20.0. The van der Waals surface area contributed by atoms with Crippen molar-refractivity contribution in [3.63, 3.8) is 0 Å². The lowest BCUT2D eigenvalue weighted by Gasteiger charge is -2.35. The second kappa shape index (κ2) is 11.6. The fraction of sp³-hybridized carbons (Fsp3) is 0.650. The highest BCUT2D eigenvalue weighted by Crippen LogP contribution is 2.23. The van der Waals surface area contributed by atoms with E-state index < -0.39 is 0 Å². The zero-order chi connectivity index (χ0) is 23.1. The van der Waals surface area contributed by atoms with E-state index >= 15 is 0 Å². The standard InChI is InChI=1S/C20H29ClN6O4S/c1-3-17(28)25-7-5-24(6-8-25)16-13-15(21)22-19(23-16)32-14-18(29)26-9-11-27(12-10-26)20(30)31-4-2/h13H,3-12,14H2,1-2H3. The van der Waals surface area contributed by atoms with E-state index in [0.29, 0.717) is 81.5 Å². The minimum Gasteiger partial charge on any atom is -0.450 e. The van der Waals surface area contributed by atoms with Crippen molar-refractivity contribution in [2.24, 2.45) is 0 Å². The Bertz CT molecular complexity index is 828. The molecule has 2 aliphatic rings. The van der Waals surface area contributed by atoms with E-state index in [9.17, 15) is 14.4 Å². The molecule has 2 fully saturated rings. The summed E-state index contributed by atoms with van der Waals surface area (Å²) < 4.78 is 5.01. The molecule has 0 bridgehead atoms. The summed E-state index contributed by atoms with van der Waals surface area (Å²) in [5.74, 6) is 1.02. The van der Waals surface area contributed by atoms with Crippen molar-refractivity contribution in [1.82, 2.24) is 24.7 Å². The summed E-state index contributed by atoms with van der Waals surface area (Å²) in [6.45, 7) is 8.47. The number of aromatic nitrogens is 2. The molecule has 0 saturated carbocycles. The highest BCUT2D eigenvalue weighted by atomic mass is 35.5. The van der Waals surface area contributed by atoms with Gasteiger partial charge in [0.2, 0.25) is 11.8 Å². The second-order valence-electron chi connectivity index (χ2n) is 7.41. The predicted octanol–water partition coefficient (Wildman–Crippen LogP) is 1.58. The molecule has 176 valence electrons. The van der Waals surface area contributed by atoms with E-state index in [1.54, 1.807) is 22.8 Å². The topological polar surface area (TPSA) is 99.2 Å². The van der Waals surface area contributed by atoms with Crippen LogP contribution in [0.25, 0.3) is 0 Å². The molecule has 0 aromatic carbocycles. The summed E-state index contributed by atoms with van der Waals surface area (Å²) in [5, 5.41) is 0.762. The summed E-state index contributed by atoms with van der Waals surface area (Å²) in [4.78, 5) is 52.4. The monoisotopic (exact) mass is 484 g/mol. The van der Waals surface area contributed by atoms with Crippen LogP contribution in [0, 0.1) is 0 Å². The summed E-state index contributed by atoms with van der Waals surface area (Å²) in [5.41, 5.74) is 0. The SMILES string of the molecule is CCOC(=O)N1CCN(C(=O)CSc2nc(Cl)cc(N3CCN(C(=O)CC)CC3)n2)CC1. The Morgan fingerprint density at radius 3 is 2.16 bits per heavy atom. The van der Waals surface area contributed by atoms with Crippen molar-refractivity contribution in [3.05, 3.63) is 11.2 Å². The van der Waals surface area contributed by atoms with Gasteiger partial charge in [-0.2, -0.15) is 0 Å². The van der Waals surface area contributed by atoms with Crippen LogP contribution >= 0.6 is 23.4 Å². The number of carbonyl (C=O) groups is 3. The van der Waals surface area contributed by atoms with Crippen LogP contribution in [0.15, 0.2) is 11.2 Å². The Balaban J connectivity index is 1.51. The third kappa shape index (κ3) is 6.38. The Labute approximate surface area is 197 Å². The normalized spacial score (nSPS) is 16.8. The molecule has 32 heavy (non-hydrogen) atoms. The number of amides is 3. The van der Waals surface area contributed by atoms with Crippen LogP contribution in [-0.2, 0) is 14.3 Å². The molecule has 12 heteroatoms. The maximum atomic E-state index is 12.6. The maximum absolute atomic E-state index is 12.6. The van der Waals surface area contributed by atoms with Crippen molar-refractivity contribution in [1.29, 1.82) is 0 Å². The Hall–Kier alpha value is -2.27. The zero-order valence-electron chi connectivity index (χ0n) is 18.5. The molecule has 0 aliphatic carbocycles. The van der Waals surface area contributed by atoms with Gasteiger partial charge in [-0.15, -0.1) is 0 Å².